The minimum Gasteiger partial charge on any atom is -0.316 e. The average Bonchev–Trinajstić information content (AvgIpc) is 3.27. The standard InChI is InChI=1S/C24H17Cl2N5O2/c25-19-12-7-13-20(21(19)26)28-23(32)24(33)29-27-14-17-15-31(18-10-5-2-6-11-18)30-22(17)16-8-3-1-4-9-16/h1-15H,(H,28,32)(H,29,33)/b27-14-. The molecule has 0 fully saturated rings. The van der Waals surface area contributed by atoms with Crippen molar-refractivity contribution in [3.63, 3.8) is 0 Å². The second-order valence-corrected chi connectivity index (χ2v) is 7.62. The molecule has 0 atom stereocenters. The first-order chi connectivity index (χ1) is 16.0. The number of carbonyl (C=O) groups is 2. The number of nitrogens with zero attached hydrogens (tertiary/aromatic N) is 3. The van der Waals surface area contributed by atoms with Crippen molar-refractivity contribution in [2.75, 3.05) is 5.32 Å². The van der Waals surface area contributed by atoms with Gasteiger partial charge >= 0.3 is 11.8 Å². The number of hydrogen-bond acceptors (Lipinski definition) is 4. The van der Waals surface area contributed by atoms with Crippen LogP contribution in [0, 0.1) is 0 Å². The maximum atomic E-state index is 12.2. The predicted molar refractivity (Wildman–Crippen MR) is 130 cm³/mol. The Morgan fingerprint density at radius 3 is 2.30 bits per heavy atom. The summed E-state index contributed by atoms with van der Waals surface area (Å²) in [6.45, 7) is 0. The second-order valence-electron chi connectivity index (χ2n) is 6.83. The zero-order chi connectivity index (χ0) is 23.2. The Hall–Kier alpha value is -3.94. The molecule has 0 saturated heterocycles. The first-order valence-corrected chi connectivity index (χ1v) is 10.6. The summed E-state index contributed by atoms with van der Waals surface area (Å²) in [7, 11) is 0. The molecule has 0 spiro atoms. The van der Waals surface area contributed by atoms with Crippen molar-refractivity contribution in [2.45, 2.75) is 0 Å². The van der Waals surface area contributed by atoms with Gasteiger partial charge in [-0.3, -0.25) is 9.59 Å². The molecule has 0 bridgehead atoms. The lowest BCUT2D eigenvalue weighted by Gasteiger charge is -2.06. The van der Waals surface area contributed by atoms with Crippen molar-refractivity contribution in [3.8, 4) is 16.9 Å². The number of aromatic nitrogens is 2. The van der Waals surface area contributed by atoms with E-state index in [0.717, 1.165) is 11.3 Å². The third-order valence-electron chi connectivity index (χ3n) is 4.59. The summed E-state index contributed by atoms with van der Waals surface area (Å²) < 4.78 is 1.72. The number of hydrazone groups is 1. The number of carbonyl (C=O) groups excluding carboxylic acids is 2. The molecule has 0 saturated carbocycles. The van der Waals surface area contributed by atoms with Gasteiger partial charge in [0.05, 0.1) is 27.6 Å². The van der Waals surface area contributed by atoms with Crippen molar-refractivity contribution in [3.05, 3.63) is 101 Å². The van der Waals surface area contributed by atoms with E-state index < -0.39 is 11.8 Å². The first kappa shape index (κ1) is 22.3. The van der Waals surface area contributed by atoms with E-state index in [9.17, 15) is 9.59 Å². The summed E-state index contributed by atoms with van der Waals surface area (Å²) in [5, 5.41) is 11.4. The fraction of sp³-hybridized carbons (Fsp3) is 0. The molecule has 1 aromatic heterocycles. The molecule has 9 heteroatoms. The molecule has 4 rings (SSSR count). The number of rotatable bonds is 5. The van der Waals surface area contributed by atoms with Crippen molar-refractivity contribution >= 4 is 46.9 Å². The molecule has 0 unspecified atom stereocenters. The van der Waals surface area contributed by atoms with Crippen LogP contribution in [0.5, 0.6) is 0 Å². The van der Waals surface area contributed by atoms with Gasteiger partial charge in [-0.25, -0.2) is 10.1 Å². The third kappa shape index (κ3) is 5.28. The number of anilines is 1. The predicted octanol–water partition coefficient (Wildman–Crippen LogP) is 4.93. The molecule has 7 nitrogen and oxygen atoms in total. The Bertz CT molecular complexity index is 1320. The van der Waals surface area contributed by atoms with Gasteiger partial charge in [0, 0.05) is 17.3 Å². The fourth-order valence-electron chi connectivity index (χ4n) is 3.01. The lowest BCUT2D eigenvalue weighted by Crippen LogP contribution is -2.32. The van der Waals surface area contributed by atoms with Crippen LogP contribution >= 0.6 is 23.2 Å². The summed E-state index contributed by atoms with van der Waals surface area (Å²) in [6.07, 6.45) is 3.23. The van der Waals surface area contributed by atoms with Gasteiger partial charge < -0.3 is 5.32 Å². The minimum atomic E-state index is -0.959. The van der Waals surface area contributed by atoms with Crippen LogP contribution < -0.4 is 10.7 Å². The van der Waals surface area contributed by atoms with Gasteiger partial charge in [-0.05, 0) is 24.3 Å². The largest absolute Gasteiger partial charge is 0.329 e. The Kier molecular flexibility index (Phi) is 6.83. The van der Waals surface area contributed by atoms with E-state index in [0.29, 0.717) is 11.3 Å². The molecule has 0 radical (unpaired) electrons. The first-order valence-electron chi connectivity index (χ1n) is 9.82. The molecular weight excluding hydrogens is 461 g/mol. The van der Waals surface area contributed by atoms with Crippen molar-refractivity contribution in [2.24, 2.45) is 5.10 Å². The van der Waals surface area contributed by atoms with Crippen LogP contribution in [0.25, 0.3) is 16.9 Å². The highest BCUT2D eigenvalue weighted by Crippen LogP contribution is 2.29. The van der Waals surface area contributed by atoms with E-state index in [1.807, 2.05) is 60.7 Å². The Labute approximate surface area is 199 Å². The molecule has 0 aliphatic heterocycles. The minimum absolute atomic E-state index is 0.143. The molecule has 2 N–H and O–H groups in total. The van der Waals surface area contributed by atoms with Gasteiger partial charge in [0.2, 0.25) is 0 Å². The number of benzene rings is 3. The molecular formula is C24H17Cl2N5O2. The summed E-state index contributed by atoms with van der Waals surface area (Å²) >= 11 is 12.0. The van der Waals surface area contributed by atoms with Gasteiger partial charge in [0.25, 0.3) is 0 Å². The van der Waals surface area contributed by atoms with Crippen LogP contribution in [0.3, 0.4) is 0 Å². The highest BCUT2D eigenvalue weighted by Gasteiger charge is 2.16. The van der Waals surface area contributed by atoms with E-state index in [4.69, 9.17) is 23.2 Å². The van der Waals surface area contributed by atoms with Crippen LogP contribution in [0.4, 0.5) is 5.69 Å². The molecule has 4 aromatic rings. The SMILES string of the molecule is O=C(N/N=C\c1cn(-c2ccccc2)nc1-c1ccccc1)C(=O)Nc1cccc(Cl)c1Cl. The van der Waals surface area contributed by atoms with Crippen molar-refractivity contribution in [1.29, 1.82) is 0 Å². The van der Waals surface area contributed by atoms with Crippen LogP contribution in [0.15, 0.2) is 90.2 Å². The Morgan fingerprint density at radius 2 is 1.58 bits per heavy atom. The molecule has 0 aliphatic carbocycles. The van der Waals surface area contributed by atoms with Crippen LogP contribution in [-0.2, 0) is 9.59 Å². The van der Waals surface area contributed by atoms with Crippen molar-refractivity contribution < 1.29 is 9.59 Å². The summed E-state index contributed by atoms with van der Waals surface area (Å²) in [5.74, 6) is -1.89. The zero-order valence-corrected chi connectivity index (χ0v) is 18.6. The second kappa shape index (κ2) is 10.1. The number of amides is 2. The lowest BCUT2D eigenvalue weighted by atomic mass is 10.1. The summed E-state index contributed by atoms with van der Waals surface area (Å²) in [4.78, 5) is 24.4. The van der Waals surface area contributed by atoms with Gasteiger partial charge in [-0.2, -0.15) is 10.2 Å². The molecule has 0 aliphatic rings. The number of nitrogens with one attached hydrogen (secondary N) is 2. The molecule has 1 heterocycles. The quantitative estimate of drug-likeness (QED) is 0.242. The van der Waals surface area contributed by atoms with Gasteiger partial charge in [0.1, 0.15) is 5.69 Å². The van der Waals surface area contributed by atoms with Gasteiger partial charge in [-0.15, -0.1) is 0 Å². The topological polar surface area (TPSA) is 88.4 Å². The van der Waals surface area contributed by atoms with Gasteiger partial charge in [0.15, 0.2) is 0 Å². The zero-order valence-electron chi connectivity index (χ0n) is 17.1. The van der Waals surface area contributed by atoms with E-state index in [2.05, 4.69) is 20.9 Å². The van der Waals surface area contributed by atoms with E-state index in [-0.39, 0.29) is 15.7 Å². The molecule has 2 amide bonds. The molecule has 164 valence electrons. The van der Waals surface area contributed by atoms with E-state index in [1.165, 1.54) is 12.3 Å². The maximum absolute atomic E-state index is 12.2. The average molecular weight is 478 g/mol. The lowest BCUT2D eigenvalue weighted by molar-refractivity contribution is -0.136. The highest BCUT2D eigenvalue weighted by atomic mass is 35.5. The summed E-state index contributed by atoms with van der Waals surface area (Å²) in [5.41, 5.74) is 5.53. The number of halogens is 2. The monoisotopic (exact) mass is 477 g/mol. The Balaban J connectivity index is 1.52. The summed E-state index contributed by atoms with van der Waals surface area (Å²) in [6, 6.07) is 23.9. The normalized spacial score (nSPS) is 10.8. The maximum Gasteiger partial charge on any atom is 0.329 e. The van der Waals surface area contributed by atoms with E-state index >= 15 is 0 Å². The molecule has 3 aromatic carbocycles. The smallest absolute Gasteiger partial charge is 0.316 e. The highest BCUT2D eigenvalue weighted by molar-refractivity contribution is 6.45. The number of para-hydroxylation sites is 1. The van der Waals surface area contributed by atoms with Crippen molar-refractivity contribution in [1.82, 2.24) is 15.2 Å². The Morgan fingerprint density at radius 1 is 0.879 bits per heavy atom. The molecule has 33 heavy (non-hydrogen) atoms. The van der Waals surface area contributed by atoms with Crippen LogP contribution in [0.2, 0.25) is 10.0 Å². The van der Waals surface area contributed by atoms with E-state index in [1.54, 1.807) is 23.0 Å². The third-order valence-corrected chi connectivity index (χ3v) is 5.41. The fourth-order valence-corrected chi connectivity index (χ4v) is 3.35. The van der Waals surface area contributed by atoms with Gasteiger partial charge in [-0.1, -0.05) is 77.8 Å². The number of hydrogen-bond donors (Lipinski definition) is 2. The van der Waals surface area contributed by atoms with Crippen LogP contribution in [0.1, 0.15) is 5.56 Å². The van der Waals surface area contributed by atoms with Crippen LogP contribution in [-0.4, -0.2) is 27.8 Å².